The highest BCUT2D eigenvalue weighted by atomic mass is 32.2. The number of nitrogens with one attached hydrogen (secondary N) is 1. The fourth-order valence-electron chi connectivity index (χ4n) is 3.84. The molecule has 4 rings (SSSR count). The van der Waals surface area contributed by atoms with E-state index < -0.39 is 10.0 Å². The Morgan fingerprint density at radius 2 is 1.87 bits per heavy atom. The molecule has 3 aliphatic rings. The van der Waals surface area contributed by atoms with Gasteiger partial charge in [-0.25, -0.2) is 13.1 Å². The lowest BCUT2D eigenvalue weighted by Gasteiger charge is -2.32. The average molecular weight is 338 g/mol. The minimum absolute atomic E-state index is 0.00787. The summed E-state index contributed by atoms with van der Waals surface area (Å²) in [6, 6.07) is 5.17. The lowest BCUT2D eigenvalue weighted by atomic mass is 10.00. The molecule has 0 radical (unpaired) electrons. The van der Waals surface area contributed by atoms with Gasteiger partial charge in [0, 0.05) is 24.7 Å². The summed E-state index contributed by atoms with van der Waals surface area (Å²) in [6.07, 6.45) is 4.37. The molecule has 2 fully saturated rings. The third-order valence-corrected chi connectivity index (χ3v) is 6.47. The molecule has 3 heterocycles. The van der Waals surface area contributed by atoms with Crippen LogP contribution >= 0.6 is 0 Å². The highest BCUT2D eigenvalue weighted by molar-refractivity contribution is 7.89. The number of piperidine rings is 1. The first-order valence-electron chi connectivity index (χ1n) is 8.29. The summed E-state index contributed by atoms with van der Waals surface area (Å²) < 4.78 is 39.3. The van der Waals surface area contributed by atoms with Crippen LogP contribution in [0.4, 0.5) is 0 Å². The molecule has 23 heavy (non-hydrogen) atoms. The van der Waals surface area contributed by atoms with Crippen LogP contribution in [0.15, 0.2) is 23.1 Å². The molecule has 2 atom stereocenters. The van der Waals surface area contributed by atoms with Gasteiger partial charge in [-0.2, -0.15) is 0 Å². The van der Waals surface area contributed by atoms with Crippen LogP contribution < -0.4 is 14.2 Å². The van der Waals surface area contributed by atoms with Crippen LogP contribution in [0.2, 0.25) is 0 Å². The number of sulfonamides is 1. The zero-order valence-electron chi connectivity index (χ0n) is 13.0. The zero-order chi connectivity index (χ0) is 15.9. The van der Waals surface area contributed by atoms with Crippen LogP contribution in [0.1, 0.15) is 25.7 Å². The second-order valence-corrected chi connectivity index (χ2v) is 8.13. The van der Waals surface area contributed by atoms with Crippen molar-refractivity contribution in [2.45, 2.75) is 42.7 Å². The summed E-state index contributed by atoms with van der Waals surface area (Å²) >= 11 is 0. The zero-order valence-corrected chi connectivity index (χ0v) is 13.8. The van der Waals surface area contributed by atoms with Gasteiger partial charge >= 0.3 is 0 Å². The van der Waals surface area contributed by atoms with Crippen molar-refractivity contribution >= 4 is 10.0 Å². The Kier molecular flexibility index (Phi) is 3.95. The van der Waals surface area contributed by atoms with Crippen molar-refractivity contribution in [1.29, 1.82) is 0 Å². The van der Waals surface area contributed by atoms with Gasteiger partial charge in [0.2, 0.25) is 10.0 Å². The fourth-order valence-corrected chi connectivity index (χ4v) is 5.16. The highest BCUT2D eigenvalue weighted by Crippen LogP contribution is 2.33. The molecule has 0 saturated carbocycles. The molecular weight excluding hydrogens is 316 g/mol. The molecule has 126 valence electrons. The molecule has 2 saturated heterocycles. The Hall–Kier alpha value is -1.31. The molecule has 0 amide bonds. The molecule has 1 N–H and O–H groups in total. The maximum atomic E-state index is 12.7. The molecular formula is C16H22N2O4S. The first kappa shape index (κ1) is 15.2. The predicted molar refractivity (Wildman–Crippen MR) is 85.4 cm³/mol. The standard InChI is InChI=1S/C16H22N2O4S/c19-23(20,12-4-5-15-16(11-12)22-10-9-21-15)17-13-6-8-18-7-2-1-3-14(13)18/h4-5,11,13-14,17H,1-3,6-10H2/t13-,14-/m0/s1. The van der Waals surface area contributed by atoms with Crippen molar-refractivity contribution in [3.05, 3.63) is 18.2 Å². The number of fused-ring (bicyclic) bond motifs is 2. The Morgan fingerprint density at radius 3 is 2.74 bits per heavy atom. The van der Waals surface area contributed by atoms with Gasteiger partial charge in [-0.15, -0.1) is 0 Å². The van der Waals surface area contributed by atoms with E-state index in [0.717, 1.165) is 25.9 Å². The van der Waals surface area contributed by atoms with Gasteiger partial charge in [0.1, 0.15) is 13.2 Å². The van der Waals surface area contributed by atoms with E-state index in [2.05, 4.69) is 9.62 Å². The maximum Gasteiger partial charge on any atom is 0.241 e. The van der Waals surface area contributed by atoms with Crippen LogP contribution in [0.25, 0.3) is 0 Å². The Labute approximate surface area is 136 Å². The van der Waals surface area contributed by atoms with E-state index in [0.29, 0.717) is 30.8 Å². The normalized spacial score (nSPS) is 27.7. The molecule has 0 aliphatic carbocycles. The first-order chi connectivity index (χ1) is 11.1. The third kappa shape index (κ3) is 2.93. The summed E-state index contributed by atoms with van der Waals surface area (Å²) in [7, 11) is -3.54. The first-order valence-corrected chi connectivity index (χ1v) is 9.78. The number of nitrogens with zero attached hydrogens (tertiary/aromatic N) is 1. The van der Waals surface area contributed by atoms with Gasteiger partial charge < -0.3 is 9.47 Å². The largest absolute Gasteiger partial charge is 0.486 e. The van der Waals surface area contributed by atoms with Crippen LogP contribution in [-0.2, 0) is 10.0 Å². The van der Waals surface area contributed by atoms with Crippen molar-refractivity contribution < 1.29 is 17.9 Å². The van der Waals surface area contributed by atoms with E-state index in [-0.39, 0.29) is 10.9 Å². The minimum atomic E-state index is -3.54. The molecule has 0 spiro atoms. The molecule has 7 heteroatoms. The van der Waals surface area contributed by atoms with Gasteiger partial charge in [0.05, 0.1) is 4.90 Å². The van der Waals surface area contributed by atoms with E-state index in [9.17, 15) is 8.42 Å². The summed E-state index contributed by atoms with van der Waals surface area (Å²) in [6.45, 7) is 3.02. The molecule has 1 aromatic carbocycles. The van der Waals surface area contributed by atoms with Crippen molar-refractivity contribution in [2.24, 2.45) is 0 Å². The Balaban J connectivity index is 1.54. The van der Waals surface area contributed by atoms with Gasteiger partial charge in [-0.3, -0.25) is 4.90 Å². The quantitative estimate of drug-likeness (QED) is 0.901. The van der Waals surface area contributed by atoms with Crippen LogP contribution in [0.5, 0.6) is 11.5 Å². The summed E-state index contributed by atoms with van der Waals surface area (Å²) in [5.74, 6) is 1.11. The van der Waals surface area contributed by atoms with Crippen LogP contribution in [0, 0.1) is 0 Å². The number of ether oxygens (including phenoxy) is 2. The SMILES string of the molecule is O=S(=O)(N[C@H]1CCN2CCCC[C@@H]12)c1ccc2c(c1)OCCO2. The second kappa shape index (κ2) is 5.96. The summed E-state index contributed by atoms with van der Waals surface area (Å²) in [5, 5.41) is 0. The van der Waals surface area contributed by atoms with Crippen LogP contribution in [0.3, 0.4) is 0 Å². The smallest absolute Gasteiger partial charge is 0.241 e. The molecule has 3 aliphatic heterocycles. The fraction of sp³-hybridized carbons (Fsp3) is 0.625. The van der Waals surface area contributed by atoms with Gasteiger partial charge in [-0.05, 0) is 37.9 Å². The molecule has 0 bridgehead atoms. The van der Waals surface area contributed by atoms with Crippen molar-refractivity contribution in [3.8, 4) is 11.5 Å². The lowest BCUT2D eigenvalue weighted by Crippen LogP contribution is -2.46. The Bertz CT molecular complexity index is 691. The van der Waals surface area contributed by atoms with Gasteiger partial charge in [0.25, 0.3) is 0 Å². The van der Waals surface area contributed by atoms with E-state index in [1.165, 1.54) is 12.8 Å². The second-order valence-electron chi connectivity index (χ2n) is 6.42. The van der Waals surface area contributed by atoms with Crippen molar-refractivity contribution in [3.63, 3.8) is 0 Å². The molecule has 0 unspecified atom stereocenters. The monoisotopic (exact) mass is 338 g/mol. The van der Waals surface area contributed by atoms with E-state index >= 15 is 0 Å². The van der Waals surface area contributed by atoms with Crippen LogP contribution in [-0.4, -0.2) is 51.7 Å². The van der Waals surface area contributed by atoms with Crippen molar-refractivity contribution in [1.82, 2.24) is 9.62 Å². The number of hydrogen-bond donors (Lipinski definition) is 1. The number of hydrogen-bond acceptors (Lipinski definition) is 5. The summed E-state index contributed by atoms with van der Waals surface area (Å²) in [4.78, 5) is 2.66. The van der Waals surface area contributed by atoms with E-state index in [4.69, 9.17) is 9.47 Å². The molecule has 0 aromatic heterocycles. The number of rotatable bonds is 3. The third-order valence-electron chi connectivity index (χ3n) is 4.99. The predicted octanol–water partition coefficient (Wildman–Crippen LogP) is 1.36. The van der Waals surface area contributed by atoms with Gasteiger partial charge in [0.15, 0.2) is 11.5 Å². The number of benzene rings is 1. The van der Waals surface area contributed by atoms with Gasteiger partial charge in [-0.1, -0.05) is 6.42 Å². The molecule has 6 nitrogen and oxygen atoms in total. The summed E-state index contributed by atoms with van der Waals surface area (Å²) in [5.41, 5.74) is 0. The minimum Gasteiger partial charge on any atom is -0.486 e. The van der Waals surface area contributed by atoms with E-state index in [1.807, 2.05) is 0 Å². The molecule has 1 aromatic rings. The maximum absolute atomic E-state index is 12.7. The van der Waals surface area contributed by atoms with Crippen molar-refractivity contribution in [2.75, 3.05) is 26.3 Å². The lowest BCUT2D eigenvalue weighted by molar-refractivity contribution is 0.171. The average Bonchev–Trinajstić information content (AvgIpc) is 2.97. The highest BCUT2D eigenvalue weighted by Gasteiger charge is 2.37. The Morgan fingerprint density at radius 1 is 1.04 bits per heavy atom. The topological polar surface area (TPSA) is 67.9 Å². The van der Waals surface area contributed by atoms with E-state index in [1.54, 1.807) is 18.2 Å².